The summed E-state index contributed by atoms with van der Waals surface area (Å²) in [6.07, 6.45) is 0. The predicted octanol–water partition coefficient (Wildman–Crippen LogP) is 2.63. The molecule has 0 heterocycles. The van der Waals surface area contributed by atoms with Crippen LogP contribution in [-0.2, 0) is 10.1 Å². The highest BCUT2D eigenvalue weighted by Gasteiger charge is 2.19. The van der Waals surface area contributed by atoms with Crippen LogP contribution in [0.3, 0.4) is 0 Å². The first kappa shape index (κ1) is 16.7. The molecule has 0 fully saturated rings. The summed E-state index contributed by atoms with van der Waals surface area (Å²) in [6.45, 7) is 0. The van der Waals surface area contributed by atoms with E-state index in [4.69, 9.17) is 5.73 Å². The lowest BCUT2D eigenvalue weighted by Crippen LogP contribution is -2.13. The van der Waals surface area contributed by atoms with Crippen molar-refractivity contribution in [3.8, 4) is 5.75 Å². The highest BCUT2D eigenvalue weighted by Crippen LogP contribution is 2.35. The number of benzene rings is 3. The standard InChI is InChI=1S/C17H14N2O5S/c18-11-4-1-3-10(9-11)17(21)19-13-6-2-5-12-14(20)7-8-15(16(12)13)25(22,23)24/h1-9,20H,18H2,(H,19,21)(H,22,23,24). The first-order valence-electron chi connectivity index (χ1n) is 7.16. The molecule has 128 valence electrons. The molecule has 3 rings (SSSR count). The van der Waals surface area contributed by atoms with Gasteiger partial charge in [-0.1, -0.05) is 18.2 Å². The summed E-state index contributed by atoms with van der Waals surface area (Å²) in [5.74, 6) is -0.688. The van der Waals surface area contributed by atoms with Gasteiger partial charge in [0.15, 0.2) is 0 Å². The smallest absolute Gasteiger partial charge is 0.295 e. The van der Waals surface area contributed by atoms with Crippen LogP contribution in [-0.4, -0.2) is 24.0 Å². The molecule has 0 aliphatic rings. The molecule has 3 aromatic rings. The van der Waals surface area contributed by atoms with Crippen molar-refractivity contribution in [2.75, 3.05) is 11.1 Å². The Balaban J connectivity index is 2.17. The van der Waals surface area contributed by atoms with E-state index in [-0.39, 0.29) is 27.8 Å². The van der Waals surface area contributed by atoms with Gasteiger partial charge in [0.2, 0.25) is 0 Å². The minimum absolute atomic E-state index is 0.0160. The van der Waals surface area contributed by atoms with Crippen LogP contribution in [0.15, 0.2) is 59.5 Å². The lowest BCUT2D eigenvalue weighted by molar-refractivity contribution is 0.102. The van der Waals surface area contributed by atoms with Gasteiger partial charge in [0.1, 0.15) is 10.6 Å². The van der Waals surface area contributed by atoms with Crippen LogP contribution in [0.25, 0.3) is 10.8 Å². The molecule has 0 saturated heterocycles. The number of rotatable bonds is 3. The highest BCUT2D eigenvalue weighted by molar-refractivity contribution is 7.86. The number of fused-ring (bicyclic) bond motifs is 1. The SMILES string of the molecule is Nc1cccc(C(=O)Nc2cccc3c(O)ccc(S(=O)(=O)O)c23)c1. The van der Waals surface area contributed by atoms with Gasteiger partial charge in [0.05, 0.1) is 5.69 Å². The number of carbonyl (C=O) groups is 1. The third-order valence-corrected chi connectivity index (χ3v) is 4.55. The number of amides is 1. The zero-order valence-corrected chi connectivity index (χ0v) is 13.6. The number of carbonyl (C=O) groups excluding carboxylic acids is 1. The van der Waals surface area contributed by atoms with E-state index in [9.17, 15) is 22.9 Å². The van der Waals surface area contributed by atoms with Gasteiger partial charge >= 0.3 is 0 Å². The number of nitrogens with one attached hydrogen (secondary N) is 1. The average Bonchev–Trinajstić information content (AvgIpc) is 2.54. The molecule has 0 spiro atoms. The lowest BCUT2D eigenvalue weighted by atomic mass is 10.1. The van der Waals surface area contributed by atoms with Crippen LogP contribution in [0.4, 0.5) is 11.4 Å². The molecule has 0 unspecified atom stereocenters. The average molecular weight is 358 g/mol. The van der Waals surface area contributed by atoms with Crippen molar-refractivity contribution in [1.82, 2.24) is 0 Å². The first-order valence-corrected chi connectivity index (χ1v) is 8.60. The Labute approximate surface area is 143 Å². The second-order valence-corrected chi connectivity index (χ2v) is 6.76. The summed E-state index contributed by atoms with van der Waals surface area (Å²) in [7, 11) is -4.56. The minimum atomic E-state index is -4.56. The number of aromatic hydroxyl groups is 1. The van der Waals surface area contributed by atoms with Crippen LogP contribution in [0.5, 0.6) is 5.75 Å². The second kappa shape index (κ2) is 6.08. The molecule has 0 bridgehead atoms. The van der Waals surface area contributed by atoms with Gasteiger partial charge in [0, 0.05) is 22.0 Å². The van der Waals surface area contributed by atoms with Gasteiger partial charge in [-0.3, -0.25) is 9.35 Å². The molecule has 0 saturated carbocycles. The molecule has 0 aliphatic carbocycles. The summed E-state index contributed by atoms with van der Waals surface area (Å²) in [5, 5.41) is 12.8. The third kappa shape index (κ3) is 3.25. The summed E-state index contributed by atoms with van der Waals surface area (Å²) >= 11 is 0. The number of phenolic OH excluding ortho intramolecular Hbond substituents is 1. The summed E-state index contributed by atoms with van der Waals surface area (Å²) in [4.78, 5) is 12.0. The van der Waals surface area contributed by atoms with Crippen molar-refractivity contribution in [3.63, 3.8) is 0 Å². The maximum atomic E-state index is 12.4. The molecule has 0 aromatic heterocycles. The molecule has 5 N–H and O–H groups in total. The van der Waals surface area contributed by atoms with E-state index in [2.05, 4.69) is 5.32 Å². The fourth-order valence-electron chi connectivity index (χ4n) is 2.55. The molecule has 25 heavy (non-hydrogen) atoms. The third-order valence-electron chi connectivity index (χ3n) is 3.65. The number of phenols is 1. The first-order chi connectivity index (χ1) is 11.8. The van der Waals surface area contributed by atoms with E-state index in [0.717, 1.165) is 12.1 Å². The van der Waals surface area contributed by atoms with Crippen molar-refractivity contribution in [2.24, 2.45) is 0 Å². The second-order valence-electron chi connectivity index (χ2n) is 5.37. The van der Waals surface area contributed by atoms with Crippen molar-refractivity contribution < 1.29 is 22.9 Å². The Bertz CT molecular complexity index is 1090. The summed E-state index contributed by atoms with van der Waals surface area (Å²) < 4.78 is 32.8. The molecule has 0 aliphatic heterocycles. The molecule has 8 heteroatoms. The van der Waals surface area contributed by atoms with Crippen molar-refractivity contribution in [1.29, 1.82) is 0 Å². The molecule has 0 radical (unpaired) electrons. The van der Waals surface area contributed by atoms with E-state index in [1.165, 1.54) is 18.2 Å². The van der Waals surface area contributed by atoms with Gasteiger partial charge in [0.25, 0.3) is 16.0 Å². The normalized spacial score (nSPS) is 11.4. The molecular weight excluding hydrogens is 344 g/mol. The maximum absolute atomic E-state index is 12.4. The van der Waals surface area contributed by atoms with Crippen molar-refractivity contribution in [3.05, 3.63) is 60.2 Å². The Morgan fingerprint density at radius 3 is 2.44 bits per heavy atom. The predicted molar refractivity (Wildman–Crippen MR) is 94.2 cm³/mol. The van der Waals surface area contributed by atoms with Gasteiger partial charge < -0.3 is 16.2 Å². The van der Waals surface area contributed by atoms with Gasteiger partial charge in [-0.15, -0.1) is 0 Å². The minimum Gasteiger partial charge on any atom is -0.507 e. The van der Waals surface area contributed by atoms with Crippen molar-refractivity contribution >= 4 is 38.2 Å². The summed E-state index contributed by atoms with van der Waals surface area (Å²) in [6, 6.07) is 13.0. The van der Waals surface area contributed by atoms with Gasteiger partial charge in [-0.2, -0.15) is 8.42 Å². The highest BCUT2D eigenvalue weighted by atomic mass is 32.2. The number of nitrogen functional groups attached to an aromatic ring is 1. The van der Waals surface area contributed by atoms with E-state index >= 15 is 0 Å². The van der Waals surface area contributed by atoms with Crippen LogP contribution in [0.2, 0.25) is 0 Å². The number of anilines is 2. The molecule has 7 nitrogen and oxygen atoms in total. The van der Waals surface area contributed by atoms with E-state index in [1.54, 1.807) is 24.3 Å². The number of nitrogens with two attached hydrogens (primary N) is 1. The Hall–Kier alpha value is -3.10. The van der Waals surface area contributed by atoms with E-state index < -0.39 is 20.9 Å². The zero-order chi connectivity index (χ0) is 18.2. The molecule has 0 atom stereocenters. The number of hydrogen-bond acceptors (Lipinski definition) is 5. The summed E-state index contributed by atoms with van der Waals surface area (Å²) in [5.41, 5.74) is 6.48. The largest absolute Gasteiger partial charge is 0.507 e. The Kier molecular flexibility index (Phi) is 4.07. The van der Waals surface area contributed by atoms with Crippen LogP contribution in [0, 0.1) is 0 Å². The topological polar surface area (TPSA) is 130 Å². The van der Waals surface area contributed by atoms with Gasteiger partial charge in [-0.25, -0.2) is 0 Å². The molecule has 3 aromatic carbocycles. The van der Waals surface area contributed by atoms with Crippen molar-refractivity contribution in [2.45, 2.75) is 4.90 Å². The lowest BCUT2D eigenvalue weighted by Gasteiger charge is -2.12. The fraction of sp³-hybridized carbons (Fsp3) is 0. The molecular formula is C17H14N2O5S. The molecule has 1 amide bonds. The monoisotopic (exact) mass is 358 g/mol. The zero-order valence-electron chi connectivity index (χ0n) is 12.8. The van der Waals surface area contributed by atoms with Gasteiger partial charge in [-0.05, 0) is 36.4 Å². The Morgan fingerprint density at radius 2 is 1.76 bits per heavy atom. The van der Waals surface area contributed by atoms with Crippen LogP contribution >= 0.6 is 0 Å². The maximum Gasteiger partial charge on any atom is 0.295 e. The number of hydrogen-bond donors (Lipinski definition) is 4. The van der Waals surface area contributed by atoms with E-state index in [1.807, 2.05) is 0 Å². The van der Waals surface area contributed by atoms with Crippen LogP contribution in [0.1, 0.15) is 10.4 Å². The van der Waals surface area contributed by atoms with E-state index in [0.29, 0.717) is 5.69 Å². The quantitative estimate of drug-likeness (QED) is 0.421. The van der Waals surface area contributed by atoms with Crippen LogP contribution < -0.4 is 11.1 Å². The fourth-order valence-corrected chi connectivity index (χ4v) is 3.27. The Morgan fingerprint density at radius 1 is 1.04 bits per heavy atom.